The number of hydrogen-bond donors (Lipinski definition) is 3. The van der Waals surface area contributed by atoms with Crippen molar-refractivity contribution >= 4 is 17.3 Å². The van der Waals surface area contributed by atoms with Gasteiger partial charge in [0.2, 0.25) is 0 Å². The summed E-state index contributed by atoms with van der Waals surface area (Å²) in [5.41, 5.74) is 8.26. The molecule has 3 atom stereocenters. The van der Waals surface area contributed by atoms with E-state index in [1.165, 1.54) is 12.8 Å². The first kappa shape index (κ1) is 14.7. The summed E-state index contributed by atoms with van der Waals surface area (Å²) >= 11 is 0. The molecular formula is C16H25N3O. The predicted molar refractivity (Wildman–Crippen MR) is 83.8 cm³/mol. The maximum atomic E-state index is 11.8. The molecule has 1 aliphatic carbocycles. The van der Waals surface area contributed by atoms with Gasteiger partial charge in [0.05, 0.1) is 11.4 Å². The topological polar surface area (TPSA) is 67.2 Å². The van der Waals surface area contributed by atoms with Gasteiger partial charge in [-0.1, -0.05) is 13.8 Å². The van der Waals surface area contributed by atoms with Gasteiger partial charge in [-0.3, -0.25) is 4.79 Å². The molecule has 3 unspecified atom stereocenters. The summed E-state index contributed by atoms with van der Waals surface area (Å²) in [6, 6.07) is 5.96. The smallest absolute Gasteiger partial charge is 0.251 e. The number of nitrogen functional groups attached to an aromatic ring is 1. The van der Waals surface area contributed by atoms with Crippen LogP contribution in [0.2, 0.25) is 0 Å². The Balaban J connectivity index is 2.08. The second-order valence-corrected chi connectivity index (χ2v) is 5.83. The van der Waals surface area contributed by atoms with Crippen LogP contribution in [-0.2, 0) is 0 Å². The van der Waals surface area contributed by atoms with Crippen LogP contribution in [0.5, 0.6) is 0 Å². The highest BCUT2D eigenvalue weighted by Crippen LogP contribution is 2.34. The molecule has 4 nitrogen and oxygen atoms in total. The average Bonchev–Trinajstić information content (AvgIpc) is 2.73. The maximum absolute atomic E-state index is 11.8. The highest BCUT2D eigenvalue weighted by Gasteiger charge is 2.29. The molecule has 1 fully saturated rings. The fraction of sp³-hybridized carbons (Fsp3) is 0.562. The van der Waals surface area contributed by atoms with Crippen LogP contribution in [0, 0.1) is 11.8 Å². The van der Waals surface area contributed by atoms with Crippen molar-refractivity contribution in [1.29, 1.82) is 0 Å². The monoisotopic (exact) mass is 275 g/mol. The Bertz CT molecular complexity index is 487. The predicted octanol–water partition coefficient (Wildman–Crippen LogP) is 2.87. The number of benzene rings is 1. The molecule has 0 aliphatic heterocycles. The van der Waals surface area contributed by atoms with Crippen molar-refractivity contribution < 1.29 is 4.79 Å². The molecule has 4 N–H and O–H groups in total. The molecule has 4 heteroatoms. The summed E-state index contributed by atoms with van der Waals surface area (Å²) in [7, 11) is 0. The van der Waals surface area contributed by atoms with Gasteiger partial charge in [0, 0.05) is 18.2 Å². The highest BCUT2D eigenvalue weighted by molar-refractivity contribution is 5.96. The minimum absolute atomic E-state index is 0.0754. The summed E-state index contributed by atoms with van der Waals surface area (Å²) in [5.74, 6) is 1.33. The molecular weight excluding hydrogens is 250 g/mol. The van der Waals surface area contributed by atoms with Crippen LogP contribution < -0.4 is 16.4 Å². The normalized spacial score (nSPS) is 25.4. The molecule has 1 aromatic carbocycles. The Hall–Kier alpha value is -1.71. The Morgan fingerprint density at radius 1 is 1.35 bits per heavy atom. The number of carbonyl (C=O) groups is 1. The summed E-state index contributed by atoms with van der Waals surface area (Å²) in [5, 5.41) is 6.31. The standard InChI is InChI=1S/C16H25N3O/c1-4-18-16(20)12-6-8-15(13(17)9-12)19-14-7-5-10(2)11(14)3/h6,8-11,14,19H,4-5,7,17H2,1-3H3,(H,18,20). The van der Waals surface area contributed by atoms with Crippen LogP contribution in [-0.4, -0.2) is 18.5 Å². The summed E-state index contributed by atoms with van der Waals surface area (Å²) < 4.78 is 0. The molecule has 20 heavy (non-hydrogen) atoms. The van der Waals surface area contributed by atoms with Crippen molar-refractivity contribution in [3.05, 3.63) is 23.8 Å². The van der Waals surface area contributed by atoms with Crippen LogP contribution >= 0.6 is 0 Å². The lowest BCUT2D eigenvalue weighted by atomic mass is 9.97. The molecule has 0 heterocycles. The quantitative estimate of drug-likeness (QED) is 0.740. The first-order valence-electron chi connectivity index (χ1n) is 7.47. The van der Waals surface area contributed by atoms with Crippen molar-refractivity contribution in [1.82, 2.24) is 5.32 Å². The molecule has 1 saturated carbocycles. The second kappa shape index (κ2) is 6.16. The second-order valence-electron chi connectivity index (χ2n) is 5.83. The van der Waals surface area contributed by atoms with Gasteiger partial charge in [-0.2, -0.15) is 0 Å². The first-order valence-corrected chi connectivity index (χ1v) is 7.47. The highest BCUT2D eigenvalue weighted by atomic mass is 16.1. The van der Waals surface area contributed by atoms with E-state index in [1.54, 1.807) is 6.07 Å². The third kappa shape index (κ3) is 3.06. The lowest BCUT2D eigenvalue weighted by Gasteiger charge is -2.22. The largest absolute Gasteiger partial charge is 0.397 e. The van der Waals surface area contributed by atoms with Gasteiger partial charge in [0.1, 0.15) is 0 Å². The van der Waals surface area contributed by atoms with E-state index in [0.29, 0.717) is 29.8 Å². The van der Waals surface area contributed by atoms with E-state index in [4.69, 9.17) is 5.73 Å². The molecule has 0 radical (unpaired) electrons. The van der Waals surface area contributed by atoms with Crippen LogP contribution in [0.3, 0.4) is 0 Å². The van der Waals surface area contributed by atoms with E-state index in [2.05, 4.69) is 24.5 Å². The molecule has 0 saturated heterocycles. The number of hydrogen-bond acceptors (Lipinski definition) is 3. The lowest BCUT2D eigenvalue weighted by Crippen LogP contribution is -2.25. The zero-order valence-electron chi connectivity index (χ0n) is 12.6. The molecule has 2 rings (SSSR count). The van der Waals surface area contributed by atoms with Gasteiger partial charge >= 0.3 is 0 Å². The molecule has 110 valence electrons. The molecule has 0 spiro atoms. The van der Waals surface area contributed by atoms with E-state index >= 15 is 0 Å². The van der Waals surface area contributed by atoms with E-state index in [1.807, 2.05) is 19.1 Å². The number of carbonyl (C=O) groups excluding carboxylic acids is 1. The van der Waals surface area contributed by atoms with Gasteiger partial charge in [0.25, 0.3) is 5.91 Å². The number of nitrogens with one attached hydrogen (secondary N) is 2. The fourth-order valence-electron chi connectivity index (χ4n) is 2.87. The number of amides is 1. The SMILES string of the molecule is CCNC(=O)c1ccc(NC2CCC(C)C2C)c(N)c1. The van der Waals surface area contributed by atoms with Crippen molar-refractivity contribution in [3.63, 3.8) is 0 Å². The zero-order chi connectivity index (χ0) is 14.7. The Labute approximate surface area is 121 Å². The van der Waals surface area contributed by atoms with Crippen molar-refractivity contribution in [2.45, 2.75) is 39.7 Å². The first-order chi connectivity index (χ1) is 9.52. The zero-order valence-corrected chi connectivity index (χ0v) is 12.6. The van der Waals surface area contributed by atoms with Crippen molar-refractivity contribution in [2.75, 3.05) is 17.6 Å². The third-order valence-corrected chi connectivity index (χ3v) is 4.46. The van der Waals surface area contributed by atoms with Crippen molar-refractivity contribution in [3.8, 4) is 0 Å². The van der Waals surface area contributed by atoms with Crippen LogP contribution in [0.1, 0.15) is 44.0 Å². The lowest BCUT2D eigenvalue weighted by molar-refractivity contribution is 0.0956. The average molecular weight is 275 g/mol. The molecule has 1 aliphatic rings. The van der Waals surface area contributed by atoms with E-state index in [-0.39, 0.29) is 5.91 Å². The van der Waals surface area contributed by atoms with E-state index in [9.17, 15) is 4.79 Å². The van der Waals surface area contributed by atoms with Gasteiger partial charge in [-0.25, -0.2) is 0 Å². The Morgan fingerprint density at radius 2 is 2.10 bits per heavy atom. The maximum Gasteiger partial charge on any atom is 0.251 e. The van der Waals surface area contributed by atoms with Crippen LogP contribution in [0.15, 0.2) is 18.2 Å². The van der Waals surface area contributed by atoms with Crippen LogP contribution in [0.4, 0.5) is 11.4 Å². The third-order valence-electron chi connectivity index (χ3n) is 4.46. The Kier molecular flexibility index (Phi) is 4.53. The van der Waals surface area contributed by atoms with Gasteiger partial charge in [0.15, 0.2) is 0 Å². The van der Waals surface area contributed by atoms with Crippen LogP contribution in [0.25, 0.3) is 0 Å². The Morgan fingerprint density at radius 3 is 2.65 bits per heavy atom. The van der Waals surface area contributed by atoms with Gasteiger partial charge < -0.3 is 16.4 Å². The van der Waals surface area contributed by atoms with Gasteiger partial charge in [-0.15, -0.1) is 0 Å². The van der Waals surface area contributed by atoms with E-state index in [0.717, 1.165) is 11.6 Å². The summed E-state index contributed by atoms with van der Waals surface area (Å²) in [6.07, 6.45) is 2.44. The number of rotatable bonds is 4. The molecule has 0 aromatic heterocycles. The minimum Gasteiger partial charge on any atom is -0.397 e. The number of anilines is 2. The van der Waals surface area contributed by atoms with E-state index < -0.39 is 0 Å². The van der Waals surface area contributed by atoms with Gasteiger partial charge in [-0.05, 0) is 49.8 Å². The fourth-order valence-corrected chi connectivity index (χ4v) is 2.87. The van der Waals surface area contributed by atoms with Crippen molar-refractivity contribution in [2.24, 2.45) is 11.8 Å². The number of nitrogens with two attached hydrogens (primary N) is 1. The molecule has 1 aromatic rings. The summed E-state index contributed by atoms with van der Waals surface area (Å²) in [4.78, 5) is 11.8. The summed E-state index contributed by atoms with van der Waals surface area (Å²) in [6.45, 7) is 7.11. The minimum atomic E-state index is -0.0754. The molecule has 1 amide bonds. The molecule has 0 bridgehead atoms.